The van der Waals surface area contributed by atoms with E-state index in [2.05, 4.69) is 20.8 Å². The Labute approximate surface area is 433 Å². The Balaban J connectivity index is 0.000000327. The number of nitrogens with zero attached hydrogens (tertiary/aromatic N) is 2. The van der Waals surface area contributed by atoms with Gasteiger partial charge < -0.3 is 26.4 Å². The fourth-order valence-electron chi connectivity index (χ4n) is 8.09. The number of halogens is 7. The van der Waals surface area contributed by atoms with Crippen LogP contribution in [-0.2, 0) is 42.0 Å². The van der Waals surface area contributed by atoms with Gasteiger partial charge in [0.1, 0.15) is 5.41 Å². The van der Waals surface area contributed by atoms with Gasteiger partial charge in [-0.15, -0.1) is 0 Å². The van der Waals surface area contributed by atoms with E-state index in [4.69, 9.17) is 17.5 Å². The summed E-state index contributed by atoms with van der Waals surface area (Å²) in [6.45, 7) is 6.53. The first-order valence-corrected chi connectivity index (χ1v) is 26.0. The number of hydrogen-bond donors (Lipinski definition) is 7. The zero-order valence-corrected chi connectivity index (χ0v) is 42.9. The summed E-state index contributed by atoms with van der Waals surface area (Å²) in [6.07, 6.45) is -8.33. The van der Waals surface area contributed by atoms with Gasteiger partial charge in [-0.1, -0.05) is 60.7 Å². The first kappa shape index (κ1) is 61.6. The third-order valence-electron chi connectivity index (χ3n) is 12.6. The van der Waals surface area contributed by atoms with Crippen molar-refractivity contribution in [3.8, 4) is 12.1 Å². The number of carbonyl (C=O) groups is 2. The second kappa shape index (κ2) is 25.7. The van der Waals surface area contributed by atoms with Crippen LogP contribution in [0, 0.1) is 33.5 Å². The lowest BCUT2D eigenvalue weighted by Gasteiger charge is -2.37. The van der Waals surface area contributed by atoms with Crippen LogP contribution in [0.2, 0.25) is 0 Å². The fraction of sp³-hybridized carbons (Fsp3) is 0.451. The molecule has 8 N–H and O–H groups in total. The molecule has 2 aliphatic carbocycles. The molecule has 2 fully saturated rings. The molecule has 2 saturated carbocycles. The zero-order chi connectivity index (χ0) is 57.6. The summed E-state index contributed by atoms with van der Waals surface area (Å²) in [5.74, 6) is -1.79. The van der Waals surface area contributed by atoms with Gasteiger partial charge in [-0.05, 0) is 139 Å². The van der Waals surface area contributed by atoms with Crippen molar-refractivity contribution in [2.24, 2.45) is 16.6 Å². The quantitative estimate of drug-likeness (QED) is 0.0620. The Kier molecular flexibility index (Phi) is 21.1. The molecule has 0 bridgehead atoms. The smallest absolute Gasteiger partial charge is 0.416 e. The fourth-order valence-corrected chi connectivity index (χ4v) is 10.7. The van der Waals surface area contributed by atoms with E-state index in [-0.39, 0.29) is 67.2 Å². The summed E-state index contributed by atoms with van der Waals surface area (Å²) in [5, 5.41) is 51.1. The number of carboxylic acid groups (broad SMARTS) is 1. The SMILES string of the molecule is CC(C)(O)[C@@H](N)c1ccccc1.CC(C)(O)[C@@H](NC(=O)C1(C#N)CCC(NS(=O)(=O)c2ccc(C(F)(F)F)cc2)CC1)c1ccccc1.N#CC1(C(=O)O)CCC(NS(=O)(=O)c2ccc(C(F)(F)F)cc2)CC1.[2H]CF. The van der Waals surface area contributed by atoms with Gasteiger partial charge in [0.15, 0.2) is 5.41 Å². The molecule has 0 unspecified atom stereocenters. The van der Waals surface area contributed by atoms with Gasteiger partial charge in [-0.25, -0.2) is 26.3 Å². The maximum absolute atomic E-state index is 13.2. The van der Waals surface area contributed by atoms with Crippen molar-refractivity contribution < 1.29 is 73.8 Å². The normalized spacial score (nSPS) is 21.2. The topological polar surface area (TPSA) is 273 Å². The molecule has 2 aliphatic rings. The van der Waals surface area contributed by atoms with Crippen LogP contribution in [0.25, 0.3) is 0 Å². The Morgan fingerprint density at radius 3 is 1.27 bits per heavy atom. The first-order valence-electron chi connectivity index (χ1n) is 23.7. The van der Waals surface area contributed by atoms with Crippen molar-refractivity contribution in [3.63, 3.8) is 0 Å². The Morgan fingerprint density at radius 1 is 0.640 bits per heavy atom. The van der Waals surface area contributed by atoms with E-state index in [0.29, 0.717) is 29.8 Å². The monoisotopic (exact) mass is 1100 g/mol. The largest absolute Gasteiger partial charge is 0.480 e. The summed E-state index contributed by atoms with van der Waals surface area (Å²) in [5.41, 5.74) is 0.444. The second-order valence-electron chi connectivity index (χ2n) is 19.0. The lowest BCUT2D eigenvalue weighted by Crippen LogP contribution is -2.50. The van der Waals surface area contributed by atoms with E-state index >= 15 is 0 Å². The number of nitrogens with two attached hydrogens (primary N) is 1. The molecule has 0 aromatic heterocycles. The average Bonchev–Trinajstić information content (AvgIpc) is 3.35. The van der Waals surface area contributed by atoms with Crippen molar-refractivity contribution in [2.45, 2.75) is 137 Å². The standard InChI is InChI=1S/C25H28F3N3O4S.C15H15F3N2O4S.C10H15NO.CH3F/c1-23(2,33)21(17-6-4-3-5-7-17)30-22(32)24(16-29)14-12-19(13-15-24)31-36(34,35)20-10-8-18(9-11-20)25(26,27)28;16-15(17,18)10-1-3-12(4-2-10)25(23,24)20-11-5-7-14(9-19,8-6-11)13(21)22;1-10(2,12)9(11)8-6-4-3-5-7-8;1-2/h3-11,19,21,31,33H,12-15H2,1-2H3,(H,30,32);1-4,11,20H,5-8H2,(H,21,22);3-7,9,12H,11H2,1-2H3;1H3/t19?,21-,24?;;9-;/m0.0./s1/i;;;1D. The molecular weight excluding hydrogens is 1040 g/mol. The number of aliphatic carboxylic acids is 1. The Morgan fingerprint density at radius 2 is 0.973 bits per heavy atom. The minimum atomic E-state index is -4.58. The van der Waals surface area contributed by atoms with Crippen LogP contribution in [0.4, 0.5) is 30.7 Å². The van der Waals surface area contributed by atoms with E-state index in [1.165, 1.54) is 0 Å². The third-order valence-corrected chi connectivity index (χ3v) is 15.7. The number of nitriles is 2. The van der Waals surface area contributed by atoms with E-state index < -0.39 is 103 Å². The maximum atomic E-state index is 13.2. The Bertz CT molecular complexity index is 2830. The summed E-state index contributed by atoms with van der Waals surface area (Å²) in [4.78, 5) is 23.8. The van der Waals surface area contributed by atoms with Gasteiger partial charge in [-0.2, -0.15) is 36.9 Å². The van der Waals surface area contributed by atoms with Gasteiger partial charge in [0.2, 0.25) is 26.0 Å². The number of amides is 1. The van der Waals surface area contributed by atoms with Crippen LogP contribution in [0.5, 0.6) is 0 Å². The summed E-state index contributed by atoms with van der Waals surface area (Å²) < 4.78 is 146. The molecule has 2 atom stereocenters. The highest BCUT2D eigenvalue weighted by molar-refractivity contribution is 7.89. The number of aliphatic hydroxyl groups is 2. The highest BCUT2D eigenvalue weighted by atomic mass is 32.2. The molecule has 0 aliphatic heterocycles. The summed E-state index contributed by atoms with van der Waals surface area (Å²) in [6, 6.07) is 26.3. The molecule has 0 radical (unpaired) electrons. The number of carbonyl (C=O) groups excluding carboxylic acids is 1. The van der Waals surface area contributed by atoms with Gasteiger partial charge in [-0.3, -0.25) is 14.0 Å². The Hall–Kier alpha value is -5.99. The summed E-state index contributed by atoms with van der Waals surface area (Å²) in [7, 11) is -9.13. The third kappa shape index (κ3) is 17.5. The van der Waals surface area contributed by atoms with Crippen molar-refractivity contribution in [3.05, 3.63) is 131 Å². The number of hydrogen-bond acceptors (Lipinski definition) is 11. The molecule has 0 spiro atoms. The molecule has 0 saturated heterocycles. The van der Waals surface area contributed by atoms with Crippen LogP contribution in [0.3, 0.4) is 0 Å². The van der Waals surface area contributed by atoms with Gasteiger partial charge >= 0.3 is 18.3 Å². The zero-order valence-electron chi connectivity index (χ0n) is 42.3. The van der Waals surface area contributed by atoms with Gasteiger partial charge in [0.25, 0.3) is 0 Å². The molecular formula is C51H61F7N6O9S2. The van der Waals surface area contributed by atoms with E-state index in [1.54, 1.807) is 64.1 Å². The molecule has 24 heteroatoms. The molecule has 75 heavy (non-hydrogen) atoms. The number of benzene rings is 4. The predicted molar refractivity (Wildman–Crippen MR) is 262 cm³/mol. The van der Waals surface area contributed by atoms with Crippen molar-refractivity contribution >= 4 is 31.9 Å². The van der Waals surface area contributed by atoms with Gasteiger partial charge in [0.05, 0.1) is 64.9 Å². The van der Waals surface area contributed by atoms with Crippen molar-refractivity contribution in [1.82, 2.24) is 14.8 Å². The van der Waals surface area contributed by atoms with E-state index in [1.807, 2.05) is 30.3 Å². The van der Waals surface area contributed by atoms with Crippen molar-refractivity contribution in [1.29, 1.82) is 10.5 Å². The number of alkyl halides is 7. The van der Waals surface area contributed by atoms with Gasteiger partial charge in [0, 0.05) is 12.1 Å². The first-order chi connectivity index (χ1) is 35.1. The molecule has 6 rings (SSSR count). The number of rotatable bonds is 13. The van der Waals surface area contributed by atoms with Crippen LogP contribution < -0.4 is 20.5 Å². The molecule has 1 amide bonds. The number of sulfonamides is 2. The van der Waals surface area contributed by atoms with Crippen LogP contribution in [-0.4, -0.2) is 74.5 Å². The van der Waals surface area contributed by atoms with Crippen LogP contribution in [0.15, 0.2) is 119 Å². The minimum Gasteiger partial charge on any atom is -0.480 e. The van der Waals surface area contributed by atoms with Crippen molar-refractivity contribution in [2.75, 3.05) is 7.15 Å². The highest BCUT2D eigenvalue weighted by Gasteiger charge is 2.46. The minimum absolute atomic E-state index is 0.000961. The van der Waals surface area contributed by atoms with Crippen LogP contribution in [0.1, 0.15) is 115 Å². The highest BCUT2D eigenvalue weighted by Crippen LogP contribution is 2.40. The molecule has 4 aromatic rings. The molecule has 0 heterocycles. The van der Waals surface area contributed by atoms with E-state index in [0.717, 1.165) is 29.8 Å². The molecule has 15 nitrogen and oxygen atoms in total. The van der Waals surface area contributed by atoms with Crippen LogP contribution >= 0.6 is 0 Å². The second-order valence-corrected chi connectivity index (χ2v) is 22.5. The van der Waals surface area contributed by atoms with E-state index in [9.17, 15) is 72.6 Å². The maximum Gasteiger partial charge on any atom is 0.416 e. The lowest BCUT2D eigenvalue weighted by molar-refractivity contribution is -0.147. The molecule has 4 aromatic carbocycles. The molecule has 410 valence electrons. The number of carboxylic acids is 1. The number of nitrogens with one attached hydrogen (secondary N) is 3. The average molecular weight is 1100 g/mol. The summed E-state index contributed by atoms with van der Waals surface area (Å²) >= 11 is 0. The lowest BCUT2D eigenvalue weighted by atomic mass is 9.72. The predicted octanol–water partition coefficient (Wildman–Crippen LogP) is 8.63.